The zero-order chi connectivity index (χ0) is 14.4. The van der Waals surface area contributed by atoms with Crippen LogP contribution < -0.4 is 4.74 Å². The molecule has 0 aliphatic carbocycles. The van der Waals surface area contributed by atoms with Gasteiger partial charge in [-0.05, 0) is 48.7 Å². The molecule has 0 amide bonds. The topological polar surface area (TPSA) is 29.5 Å². The van der Waals surface area contributed by atoms with Gasteiger partial charge in [0.05, 0.1) is 6.10 Å². The van der Waals surface area contributed by atoms with Crippen molar-refractivity contribution in [3.8, 4) is 5.75 Å². The Morgan fingerprint density at radius 3 is 2.55 bits per heavy atom. The second kappa shape index (κ2) is 6.92. The first-order valence-corrected chi connectivity index (χ1v) is 6.80. The first-order valence-electron chi connectivity index (χ1n) is 6.80. The molecule has 1 N–H and O–H groups in total. The summed E-state index contributed by atoms with van der Waals surface area (Å²) in [5, 5.41) is 9.53. The van der Waals surface area contributed by atoms with Crippen molar-refractivity contribution in [2.24, 2.45) is 0 Å². The fraction of sp³-hybridized carbons (Fsp3) is 0.222. The number of ether oxygens (including phenoxy) is 1. The van der Waals surface area contributed by atoms with Gasteiger partial charge in [-0.2, -0.15) is 0 Å². The molecule has 1 atom stereocenters. The molecule has 2 rings (SSSR count). The quantitative estimate of drug-likeness (QED) is 0.883. The molecule has 0 aliphatic rings. The summed E-state index contributed by atoms with van der Waals surface area (Å²) in [5.74, 6) is 0.854. The molecule has 2 aromatic rings. The Hall–Kier alpha value is -2.06. The van der Waals surface area contributed by atoms with Crippen molar-refractivity contribution >= 4 is 6.08 Å². The van der Waals surface area contributed by atoms with Gasteiger partial charge in [0.15, 0.2) is 0 Å². The number of hydrogen-bond acceptors (Lipinski definition) is 2. The summed E-state index contributed by atoms with van der Waals surface area (Å²) in [6, 6.07) is 15.9. The van der Waals surface area contributed by atoms with Crippen LogP contribution in [0.1, 0.15) is 29.7 Å². The molecule has 0 fully saturated rings. The van der Waals surface area contributed by atoms with Gasteiger partial charge in [-0.15, -0.1) is 0 Å². The third kappa shape index (κ3) is 3.97. The Morgan fingerprint density at radius 2 is 1.90 bits per heavy atom. The summed E-state index contributed by atoms with van der Waals surface area (Å²) in [7, 11) is 0. The largest absolute Gasteiger partial charge is 0.489 e. The maximum atomic E-state index is 9.53. The minimum Gasteiger partial charge on any atom is -0.489 e. The normalized spacial score (nSPS) is 12.6. The van der Waals surface area contributed by atoms with Crippen LogP contribution in [0.3, 0.4) is 0 Å². The van der Waals surface area contributed by atoms with Crippen LogP contribution in [-0.2, 0) is 0 Å². The number of aliphatic hydroxyl groups excluding tert-OH is 1. The minimum absolute atomic E-state index is 0.444. The molecular formula is C18H20O2. The van der Waals surface area contributed by atoms with Gasteiger partial charge in [-0.25, -0.2) is 0 Å². The van der Waals surface area contributed by atoms with Gasteiger partial charge in [-0.3, -0.25) is 0 Å². The van der Waals surface area contributed by atoms with Crippen molar-refractivity contribution in [3.05, 3.63) is 71.3 Å². The highest BCUT2D eigenvalue weighted by atomic mass is 16.5. The third-order valence-electron chi connectivity index (χ3n) is 3.13. The fourth-order valence-electron chi connectivity index (χ4n) is 1.98. The van der Waals surface area contributed by atoms with Crippen LogP contribution in [0.4, 0.5) is 0 Å². The molecule has 0 heterocycles. The van der Waals surface area contributed by atoms with Crippen LogP contribution in [0.2, 0.25) is 0 Å². The first-order chi connectivity index (χ1) is 9.66. The van der Waals surface area contributed by atoms with Crippen molar-refractivity contribution in [3.63, 3.8) is 0 Å². The van der Waals surface area contributed by atoms with E-state index < -0.39 is 6.10 Å². The van der Waals surface area contributed by atoms with Crippen molar-refractivity contribution in [2.45, 2.75) is 20.0 Å². The number of benzene rings is 2. The van der Waals surface area contributed by atoms with E-state index in [2.05, 4.69) is 12.1 Å². The molecule has 0 aliphatic heterocycles. The molecule has 1 unspecified atom stereocenters. The zero-order valence-electron chi connectivity index (χ0n) is 11.9. The predicted molar refractivity (Wildman–Crippen MR) is 82.8 cm³/mol. The fourth-order valence-corrected chi connectivity index (χ4v) is 1.98. The summed E-state index contributed by atoms with van der Waals surface area (Å²) in [6.07, 6.45) is 3.59. The maximum Gasteiger partial charge on any atom is 0.122 e. The smallest absolute Gasteiger partial charge is 0.122 e. The summed E-state index contributed by atoms with van der Waals surface area (Å²) in [6.45, 7) is 4.28. The van der Waals surface area contributed by atoms with E-state index in [1.807, 2.05) is 55.5 Å². The molecule has 0 spiro atoms. The minimum atomic E-state index is -0.444. The molecule has 0 radical (unpaired) electrons. The Bertz CT molecular complexity index is 571. The molecule has 0 aromatic heterocycles. The summed E-state index contributed by atoms with van der Waals surface area (Å²) in [4.78, 5) is 0. The zero-order valence-corrected chi connectivity index (χ0v) is 11.9. The second-order valence-electron chi connectivity index (χ2n) is 4.82. The van der Waals surface area contributed by atoms with Gasteiger partial charge in [0.25, 0.3) is 0 Å². The van der Waals surface area contributed by atoms with Crippen molar-refractivity contribution in [2.75, 3.05) is 6.61 Å². The van der Waals surface area contributed by atoms with Gasteiger partial charge in [0.1, 0.15) is 12.4 Å². The van der Waals surface area contributed by atoms with Crippen LogP contribution in [0.25, 0.3) is 6.08 Å². The van der Waals surface area contributed by atoms with Gasteiger partial charge in [0, 0.05) is 0 Å². The Labute approximate surface area is 120 Å². The van der Waals surface area contributed by atoms with Crippen LogP contribution in [0, 0.1) is 6.92 Å². The number of aryl methyl sites for hydroxylation is 1. The summed E-state index contributed by atoms with van der Waals surface area (Å²) >= 11 is 0. The lowest BCUT2D eigenvalue weighted by Crippen LogP contribution is -1.98. The third-order valence-corrected chi connectivity index (χ3v) is 3.13. The lowest BCUT2D eigenvalue weighted by atomic mass is 10.1. The first kappa shape index (κ1) is 14.4. The maximum absolute atomic E-state index is 9.53. The predicted octanol–water partition coefficient (Wildman–Crippen LogP) is 4.14. The molecule has 2 aromatic carbocycles. The molecule has 104 valence electrons. The van der Waals surface area contributed by atoms with E-state index in [0.29, 0.717) is 6.61 Å². The Balaban J connectivity index is 1.93. The molecule has 2 heteroatoms. The average Bonchev–Trinajstić information content (AvgIpc) is 2.46. The monoisotopic (exact) mass is 268 g/mol. The lowest BCUT2D eigenvalue weighted by molar-refractivity contribution is 0.199. The number of rotatable bonds is 5. The van der Waals surface area contributed by atoms with Crippen molar-refractivity contribution in [1.29, 1.82) is 0 Å². The van der Waals surface area contributed by atoms with Crippen LogP contribution in [0.5, 0.6) is 5.75 Å². The lowest BCUT2D eigenvalue weighted by Gasteiger charge is -2.10. The van der Waals surface area contributed by atoms with Crippen LogP contribution in [-0.4, -0.2) is 11.7 Å². The van der Waals surface area contributed by atoms with E-state index in [-0.39, 0.29) is 0 Å². The van der Waals surface area contributed by atoms with E-state index >= 15 is 0 Å². The van der Waals surface area contributed by atoms with E-state index in [9.17, 15) is 5.11 Å². The summed E-state index contributed by atoms with van der Waals surface area (Å²) < 4.78 is 5.72. The molecule has 0 bridgehead atoms. The standard InChI is InChI=1S/C18H20O2/c1-14-13-17(15(2)19)10-11-18(14)20-12-6-9-16-7-4-3-5-8-16/h3-11,13,15,19H,12H2,1-2H3/b9-6+. The van der Waals surface area contributed by atoms with Gasteiger partial charge >= 0.3 is 0 Å². The highest BCUT2D eigenvalue weighted by Gasteiger charge is 2.04. The Morgan fingerprint density at radius 1 is 1.15 bits per heavy atom. The highest BCUT2D eigenvalue weighted by molar-refractivity contribution is 5.48. The number of hydrogen-bond donors (Lipinski definition) is 1. The molecule has 2 nitrogen and oxygen atoms in total. The molecule has 20 heavy (non-hydrogen) atoms. The summed E-state index contributed by atoms with van der Waals surface area (Å²) in [5.41, 5.74) is 3.11. The Kier molecular flexibility index (Phi) is 4.97. The average molecular weight is 268 g/mol. The van der Waals surface area contributed by atoms with E-state index in [4.69, 9.17) is 4.74 Å². The highest BCUT2D eigenvalue weighted by Crippen LogP contribution is 2.22. The van der Waals surface area contributed by atoms with E-state index in [1.165, 1.54) is 0 Å². The van der Waals surface area contributed by atoms with Crippen LogP contribution in [0.15, 0.2) is 54.6 Å². The van der Waals surface area contributed by atoms with Gasteiger partial charge in [-0.1, -0.05) is 42.5 Å². The van der Waals surface area contributed by atoms with E-state index in [0.717, 1.165) is 22.4 Å². The second-order valence-corrected chi connectivity index (χ2v) is 4.82. The van der Waals surface area contributed by atoms with Gasteiger partial charge in [0.2, 0.25) is 0 Å². The number of aliphatic hydroxyl groups is 1. The molecule has 0 saturated heterocycles. The molecular weight excluding hydrogens is 248 g/mol. The van der Waals surface area contributed by atoms with E-state index in [1.54, 1.807) is 6.92 Å². The SMILES string of the molecule is Cc1cc(C(C)O)ccc1OC/C=C/c1ccccc1. The van der Waals surface area contributed by atoms with Gasteiger partial charge < -0.3 is 9.84 Å². The van der Waals surface area contributed by atoms with Crippen LogP contribution >= 0.6 is 0 Å². The van der Waals surface area contributed by atoms with Crippen molar-refractivity contribution < 1.29 is 9.84 Å². The molecule has 0 saturated carbocycles. The van der Waals surface area contributed by atoms with Crippen molar-refractivity contribution in [1.82, 2.24) is 0 Å².